The van der Waals surface area contributed by atoms with Gasteiger partial charge in [0.1, 0.15) is 0 Å². The first-order valence-electron chi connectivity index (χ1n) is 9.49. The average Bonchev–Trinajstić information content (AvgIpc) is 2.88. The van der Waals surface area contributed by atoms with E-state index in [1.165, 1.54) is 18.5 Å². The van der Waals surface area contributed by atoms with Crippen molar-refractivity contribution in [2.45, 2.75) is 45.4 Å². The molecule has 0 atom stereocenters. The molecule has 25 heavy (non-hydrogen) atoms. The normalized spacial score (nSPS) is 19.6. The number of likely N-dealkylation sites (tertiary alicyclic amines) is 1. The lowest BCUT2D eigenvalue weighted by Crippen LogP contribution is -2.42. The smallest absolute Gasteiger partial charge is 0.253 e. The van der Waals surface area contributed by atoms with E-state index in [0.29, 0.717) is 5.41 Å². The quantitative estimate of drug-likeness (QED) is 0.832. The van der Waals surface area contributed by atoms with E-state index in [4.69, 9.17) is 0 Å². The van der Waals surface area contributed by atoms with Crippen LogP contribution in [0.25, 0.3) is 5.57 Å². The number of fused-ring (bicyclic) bond motifs is 2. The van der Waals surface area contributed by atoms with Gasteiger partial charge in [0.2, 0.25) is 0 Å². The van der Waals surface area contributed by atoms with Gasteiger partial charge in [-0.25, -0.2) is 0 Å². The molecule has 3 nitrogen and oxygen atoms in total. The second-order valence-electron chi connectivity index (χ2n) is 9.11. The second kappa shape index (κ2) is 6.60. The minimum atomic E-state index is 0.0514. The van der Waals surface area contributed by atoms with Crippen LogP contribution in [0.1, 0.15) is 51.2 Å². The summed E-state index contributed by atoms with van der Waals surface area (Å²) < 4.78 is 0. The molecule has 0 unspecified atom stereocenters. The van der Waals surface area contributed by atoms with Crippen LogP contribution in [-0.2, 0) is 10.2 Å². The van der Waals surface area contributed by atoms with E-state index in [-0.39, 0.29) is 11.3 Å². The molecule has 1 saturated heterocycles. The van der Waals surface area contributed by atoms with Gasteiger partial charge in [0.25, 0.3) is 5.91 Å². The van der Waals surface area contributed by atoms with Gasteiger partial charge < -0.3 is 9.80 Å². The molecule has 1 heterocycles. The molecule has 3 heteroatoms. The van der Waals surface area contributed by atoms with Crippen molar-refractivity contribution >= 4 is 11.5 Å². The largest absolute Gasteiger partial charge is 0.345 e. The van der Waals surface area contributed by atoms with Gasteiger partial charge in [-0.15, -0.1) is 0 Å². The van der Waals surface area contributed by atoms with Crippen molar-refractivity contribution < 1.29 is 4.79 Å². The number of benzene rings is 1. The molecule has 1 aromatic rings. The van der Waals surface area contributed by atoms with Gasteiger partial charge in [-0.2, -0.15) is 0 Å². The van der Waals surface area contributed by atoms with Crippen LogP contribution in [-0.4, -0.2) is 49.4 Å². The van der Waals surface area contributed by atoms with Gasteiger partial charge in [-0.1, -0.05) is 51.1 Å². The first-order valence-corrected chi connectivity index (χ1v) is 9.49. The fourth-order valence-corrected chi connectivity index (χ4v) is 4.08. The molecule has 3 rings (SSSR count). The van der Waals surface area contributed by atoms with Crippen molar-refractivity contribution in [3.8, 4) is 0 Å². The zero-order valence-corrected chi connectivity index (χ0v) is 16.4. The Morgan fingerprint density at radius 3 is 2.40 bits per heavy atom. The topological polar surface area (TPSA) is 23.6 Å². The van der Waals surface area contributed by atoms with E-state index in [0.717, 1.165) is 37.1 Å². The number of likely N-dealkylation sites (N-methyl/N-ethyl adjacent to an activating group) is 1. The number of hydrogen-bond acceptors (Lipinski definition) is 2. The Bertz CT molecular complexity index is 674. The number of allylic oxidation sites excluding steroid dienone is 1. The van der Waals surface area contributed by atoms with Crippen LogP contribution in [0.4, 0.5) is 0 Å². The van der Waals surface area contributed by atoms with E-state index in [1.807, 2.05) is 20.2 Å². The number of hydrogen-bond donors (Lipinski definition) is 0. The molecule has 1 fully saturated rings. The Balaban J connectivity index is 1.80. The van der Waals surface area contributed by atoms with Crippen molar-refractivity contribution in [3.63, 3.8) is 0 Å². The van der Waals surface area contributed by atoms with Gasteiger partial charge in [-0.3, -0.25) is 4.79 Å². The number of piperidine rings is 1. The molecule has 0 bridgehead atoms. The van der Waals surface area contributed by atoms with Crippen molar-refractivity contribution in [1.82, 2.24) is 9.80 Å². The minimum Gasteiger partial charge on any atom is -0.345 e. The maximum Gasteiger partial charge on any atom is 0.253 e. The van der Waals surface area contributed by atoms with Gasteiger partial charge in [0.15, 0.2) is 0 Å². The summed E-state index contributed by atoms with van der Waals surface area (Å²) in [5.41, 5.74) is 3.83. The maximum atomic E-state index is 12.7. The van der Waals surface area contributed by atoms with E-state index in [2.05, 4.69) is 49.9 Å². The van der Waals surface area contributed by atoms with Gasteiger partial charge >= 0.3 is 0 Å². The fraction of sp³-hybridized carbons (Fsp3) is 0.591. The zero-order valence-electron chi connectivity index (χ0n) is 16.4. The van der Waals surface area contributed by atoms with E-state index in [9.17, 15) is 4.79 Å². The Morgan fingerprint density at radius 2 is 1.80 bits per heavy atom. The molecule has 0 saturated carbocycles. The Labute approximate surface area is 152 Å². The van der Waals surface area contributed by atoms with Crippen molar-refractivity contribution in [2.24, 2.45) is 5.41 Å². The van der Waals surface area contributed by atoms with Crippen LogP contribution in [0, 0.1) is 5.41 Å². The molecule has 136 valence electrons. The molecule has 1 aliphatic carbocycles. The van der Waals surface area contributed by atoms with E-state index < -0.39 is 0 Å². The summed E-state index contributed by atoms with van der Waals surface area (Å²) in [4.78, 5) is 16.9. The molecular weight excluding hydrogens is 308 g/mol. The molecule has 1 aliphatic heterocycles. The molecular formula is C22H32N2O. The van der Waals surface area contributed by atoms with Gasteiger partial charge in [0.05, 0.1) is 0 Å². The van der Waals surface area contributed by atoms with Crippen molar-refractivity contribution in [3.05, 3.63) is 41.5 Å². The molecule has 0 radical (unpaired) electrons. The summed E-state index contributed by atoms with van der Waals surface area (Å²) in [5.74, 6) is 0.125. The molecule has 0 N–H and O–H groups in total. The molecule has 2 aliphatic rings. The summed E-state index contributed by atoms with van der Waals surface area (Å²) in [5, 5.41) is 0. The van der Waals surface area contributed by atoms with E-state index >= 15 is 0 Å². The Hall–Kier alpha value is -1.61. The van der Waals surface area contributed by atoms with Crippen molar-refractivity contribution in [2.75, 3.05) is 33.7 Å². The predicted molar refractivity (Wildman–Crippen MR) is 105 cm³/mol. The standard InChI is InChI=1S/C22H32N2O/c1-21(2,3)10-13-24-14-11-22(12-15-24)16-18(20(25)23(4)5)17-8-6-7-9-19(17)22/h6-9,16H,10-15H2,1-5H3. The molecule has 1 spiro atoms. The highest BCUT2D eigenvalue weighted by atomic mass is 16.2. The highest BCUT2D eigenvalue weighted by molar-refractivity contribution is 6.21. The Morgan fingerprint density at radius 1 is 1.16 bits per heavy atom. The highest BCUT2D eigenvalue weighted by Crippen LogP contribution is 2.47. The first-order chi connectivity index (χ1) is 11.7. The average molecular weight is 341 g/mol. The summed E-state index contributed by atoms with van der Waals surface area (Å²) in [6.07, 6.45) is 5.73. The summed E-state index contributed by atoms with van der Waals surface area (Å²) >= 11 is 0. The minimum absolute atomic E-state index is 0.0514. The van der Waals surface area contributed by atoms with Crippen LogP contribution in [0.2, 0.25) is 0 Å². The lowest BCUT2D eigenvalue weighted by atomic mass is 9.74. The number of rotatable bonds is 3. The number of carbonyl (C=O) groups excluding carboxylic acids is 1. The van der Waals surface area contributed by atoms with E-state index in [1.54, 1.807) is 4.90 Å². The molecule has 1 aromatic carbocycles. The lowest BCUT2D eigenvalue weighted by Gasteiger charge is -2.40. The van der Waals surface area contributed by atoms with Gasteiger partial charge in [0, 0.05) is 25.1 Å². The number of nitrogens with zero attached hydrogens (tertiary/aromatic N) is 2. The first kappa shape index (κ1) is 18.2. The SMILES string of the molecule is CN(C)C(=O)C1=CC2(CCN(CCC(C)(C)C)CC2)c2ccccc21. The Kier molecular flexibility index (Phi) is 4.80. The third kappa shape index (κ3) is 3.67. The number of carbonyl (C=O) groups is 1. The summed E-state index contributed by atoms with van der Waals surface area (Å²) in [6, 6.07) is 8.51. The lowest BCUT2D eigenvalue weighted by molar-refractivity contribution is -0.122. The molecule has 0 aromatic heterocycles. The van der Waals surface area contributed by atoms with Crippen LogP contribution in [0.3, 0.4) is 0 Å². The zero-order chi connectivity index (χ0) is 18.2. The molecule has 1 amide bonds. The van der Waals surface area contributed by atoms with Gasteiger partial charge in [-0.05, 0) is 55.4 Å². The van der Waals surface area contributed by atoms with Crippen molar-refractivity contribution in [1.29, 1.82) is 0 Å². The number of amides is 1. The van der Waals surface area contributed by atoms with Crippen LogP contribution >= 0.6 is 0 Å². The highest BCUT2D eigenvalue weighted by Gasteiger charge is 2.42. The monoisotopic (exact) mass is 340 g/mol. The maximum absolute atomic E-state index is 12.7. The van der Waals surface area contributed by atoms with Crippen LogP contribution in [0.5, 0.6) is 0 Å². The van der Waals surface area contributed by atoms with Crippen LogP contribution < -0.4 is 0 Å². The third-order valence-electron chi connectivity index (χ3n) is 5.74. The van der Waals surface area contributed by atoms with Crippen LogP contribution in [0.15, 0.2) is 30.3 Å². The second-order valence-corrected chi connectivity index (χ2v) is 9.11. The summed E-state index contributed by atoms with van der Waals surface area (Å²) in [7, 11) is 3.68. The fourth-order valence-electron chi connectivity index (χ4n) is 4.08. The third-order valence-corrected chi connectivity index (χ3v) is 5.74. The predicted octanol–water partition coefficient (Wildman–Crippen LogP) is 3.94. The summed E-state index contributed by atoms with van der Waals surface area (Å²) in [6.45, 7) is 10.3.